The van der Waals surface area contributed by atoms with Crippen LogP contribution in [0, 0.1) is 6.92 Å². The molecule has 4 nitrogen and oxygen atoms in total. The number of fused-ring (bicyclic) bond motifs is 1. The largest absolute Gasteiger partial charge is 0.399 e. The van der Waals surface area contributed by atoms with Crippen molar-refractivity contribution in [2.45, 2.75) is 45.3 Å². The average molecular weight is 271 g/mol. The molecular formula is C16H21N3O. The van der Waals surface area contributed by atoms with Gasteiger partial charge in [0.1, 0.15) is 0 Å². The van der Waals surface area contributed by atoms with Crippen LogP contribution in [-0.2, 0) is 25.0 Å². The van der Waals surface area contributed by atoms with Crippen LogP contribution in [0.5, 0.6) is 0 Å². The molecule has 1 aliphatic rings. The highest BCUT2D eigenvalue weighted by molar-refractivity contribution is 5.49. The summed E-state index contributed by atoms with van der Waals surface area (Å²) in [5, 5.41) is 15.5. The maximum Gasteiger partial charge on any atom is 0.0957 e. The van der Waals surface area contributed by atoms with Gasteiger partial charge in [-0.3, -0.25) is 4.68 Å². The van der Waals surface area contributed by atoms with Gasteiger partial charge in [0.15, 0.2) is 0 Å². The summed E-state index contributed by atoms with van der Waals surface area (Å²) in [6.45, 7) is 4.89. The second kappa shape index (κ2) is 4.63. The number of benzene rings is 1. The summed E-state index contributed by atoms with van der Waals surface area (Å²) in [7, 11) is 0. The van der Waals surface area contributed by atoms with Gasteiger partial charge >= 0.3 is 0 Å². The zero-order valence-corrected chi connectivity index (χ0v) is 12.1. The van der Waals surface area contributed by atoms with Crippen molar-refractivity contribution < 1.29 is 5.11 Å². The van der Waals surface area contributed by atoms with Gasteiger partial charge in [0.25, 0.3) is 0 Å². The number of nitrogens with two attached hydrogens (primary N) is 1. The van der Waals surface area contributed by atoms with Gasteiger partial charge < -0.3 is 10.8 Å². The van der Waals surface area contributed by atoms with Gasteiger partial charge in [-0.05, 0) is 56.0 Å². The normalized spacial score (nSPS) is 21.1. The predicted octanol–water partition coefficient (Wildman–Crippen LogP) is 2.17. The summed E-state index contributed by atoms with van der Waals surface area (Å²) in [6, 6.07) is 7.89. The van der Waals surface area contributed by atoms with Crippen molar-refractivity contribution in [1.29, 1.82) is 0 Å². The molecule has 106 valence electrons. The van der Waals surface area contributed by atoms with E-state index in [0.717, 1.165) is 42.0 Å². The number of aromatic nitrogens is 2. The predicted molar refractivity (Wildman–Crippen MR) is 79.4 cm³/mol. The van der Waals surface area contributed by atoms with Crippen LogP contribution in [0.2, 0.25) is 0 Å². The first kappa shape index (κ1) is 13.2. The third kappa shape index (κ3) is 2.10. The number of aliphatic hydroxyl groups is 1. The first-order chi connectivity index (χ1) is 9.51. The highest BCUT2D eigenvalue weighted by Gasteiger charge is 2.37. The minimum absolute atomic E-state index is 0.610. The van der Waals surface area contributed by atoms with Crippen LogP contribution in [-0.4, -0.2) is 14.9 Å². The first-order valence-corrected chi connectivity index (χ1v) is 7.16. The van der Waals surface area contributed by atoms with E-state index in [1.54, 1.807) is 0 Å². The minimum Gasteiger partial charge on any atom is -0.399 e. The van der Waals surface area contributed by atoms with Crippen molar-refractivity contribution >= 4 is 5.69 Å². The molecule has 1 atom stereocenters. The summed E-state index contributed by atoms with van der Waals surface area (Å²) >= 11 is 0. The Kier molecular flexibility index (Phi) is 3.05. The lowest BCUT2D eigenvalue weighted by atomic mass is 9.90. The SMILES string of the molecule is CCn1nc(C)cc1CC1(O)CCc2cc(N)ccc21. The Morgan fingerprint density at radius 2 is 2.20 bits per heavy atom. The fourth-order valence-electron chi connectivity index (χ4n) is 3.25. The Morgan fingerprint density at radius 1 is 1.40 bits per heavy atom. The van der Waals surface area contributed by atoms with E-state index >= 15 is 0 Å². The molecule has 20 heavy (non-hydrogen) atoms. The molecule has 3 N–H and O–H groups in total. The standard InChI is InChI=1S/C16H21N3O/c1-3-19-14(8-11(2)18-19)10-16(20)7-6-12-9-13(17)4-5-15(12)16/h4-5,8-9,20H,3,6-7,10,17H2,1-2H3. The van der Waals surface area contributed by atoms with E-state index in [0.29, 0.717) is 6.42 Å². The molecule has 1 aromatic carbocycles. The molecule has 0 aliphatic heterocycles. The number of hydrogen-bond acceptors (Lipinski definition) is 3. The maximum absolute atomic E-state index is 11.0. The summed E-state index contributed by atoms with van der Waals surface area (Å²) in [4.78, 5) is 0. The summed E-state index contributed by atoms with van der Waals surface area (Å²) in [5.41, 5.74) is 10.1. The van der Waals surface area contributed by atoms with Gasteiger partial charge in [-0.1, -0.05) is 6.07 Å². The lowest BCUT2D eigenvalue weighted by Gasteiger charge is -2.24. The first-order valence-electron chi connectivity index (χ1n) is 7.16. The molecule has 0 fully saturated rings. The Labute approximate surface area is 119 Å². The van der Waals surface area contributed by atoms with Crippen LogP contribution in [0.1, 0.15) is 35.9 Å². The van der Waals surface area contributed by atoms with Gasteiger partial charge in [-0.2, -0.15) is 5.10 Å². The Balaban J connectivity index is 1.95. The van der Waals surface area contributed by atoms with E-state index in [1.165, 1.54) is 5.56 Å². The second-order valence-corrected chi connectivity index (χ2v) is 5.72. The number of nitrogen functional groups attached to an aromatic ring is 1. The van der Waals surface area contributed by atoms with Crippen LogP contribution in [0.4, 0.5) is 5.69 Å². The number of aryl methyl sites for hydroxylation is 3. The number of anilines is 1. The van der Waals surface area contributed by atoms with Crippen molar-refractivity contribution in [2.24, 2.45) is 0 Å². The summed E-state index contributed by atoms with van der Waals surface area (Å²) in [6.07, 6.45) is 2.24. The molecular weight excluding hydrogens is 250 g/mol. The van der Waals surface area contributed by atoms with Crippen molar-refractivity contribution in [3.05, 3.63) is 46.8 Å². The van der Waals surface area contributed by atoms with Gasteiger partial charge in [-0.25, -0.2) is 0 Å². The molecule has 2 aromatic rings. The minimum atomic E-state index is -0.789. The molecule has 1 aromatic heterocycles. The third-order valence-corrected chi connectivity index (χ3v) is 4.20. The van der Waals surface area contributed by atoms with E-state index in [-0.39, 0.29) is 0 Å². The van der Waals surface area contributed by atoms with Crippen LogP contribution in [0.15, 0.2) is 24.3 Å². The van der Waals surface area contributed by atoms with E-state index in [2.05, 4.69) is 18.1 Å². The number of rotatable bonds is 3. The third-order valence-electron chi connectivity index (χ3n) is 4.20. The Hall–Kier alpha value is -1.81. The van der Waals surface area contributed by atoms with Crippen molar-refractivity contribution in [1.82, 2.24) is 9.78 Å². The van der Waals surface area contributed by atoms with Gasteiger partial charge in [0.05, 0.1) is 11.3 Å². The molecule has 1 unspecified atom stereocenters. The van der Waals surface area contributed by atoms with Gasteiger partial charge in [0.2, 0.25) is 0 Å². The van der Waals surface area contributed by atoms with Gasteiger partial charge in [-0.15, -0.1) is 0 Å². The van der Waals surface area contributed by atoms with E-state index < -0.39 is 5.60 Å². The summed E-state index contributed by atoms with van der Waals surface area (Å²) in [5.74, 6) is 0. The lowest BCUT2D eigenvalue weighted by molar-refractivity contribution is 0.0369. The molecule has 0 radical (unpaired) electrons. The second-order valence-electron chi connectivity index (χ2n) is 5.72. The fourth-order valence-corrected chi connectivity index (χ4v) is 3.25. The van der Waals surface area contributed by atoms with E-state index in [4.69, 9.17) is 5.73 Å². The Bertz CT molecular complexity index is 647. The van der Waals surface area contributed by atoms with Crippen LogP contribution in [0.3, 0.4) is 0 Å². The smallest absolute Gasteiger partial charge is 0.0957 e. The maximum atomic E-state index is 11.0. The molecule has 3 rings (SSSR count). The van der Waals surface area contributed by atoms with Crippen LogP contribution < -0.4 is 5.73 Å². The molecule has 0 saturated heterocycles. The zero-order valence-electron chi connectivity index (χ0n) is 12.1. The zero-order chi connectivity index (χ0) is 14.3. The highest BCUT2D eigenvalue weighted by Crippen LogP contribution is 2.40. The van der Waals surface area contributed by atoms with Crippen molar-refractivity contribution in [3.8, 4) is 0 Å². The highest BCUT2D eigenvalue weighted by atomic mass is 16.3. The molecule has 0 amide bonds. The van der Waals surface area contributed by atoms with Crippen molar-refractivity contribution in [3.63, 3.8) is 0 Å². The monoisotopic (exact) mass is 271 g/mol. The Morgan fingerprint density at radius 3 is 2.95 bits per heavy atom. The van der Waals surface area contributed by atoms with Crippen molar-refractivity contribution in [2.75, 3.05) is 5.73 Å². The quantitative estimate of drug-likeness (QED) is 0.841. The lowest BCUT2D eigenvalue weighted by Crippen LogP contribution is -2.26. The summed E-state index contributed by atoms with van der Waals surface area (Å²) < 4.78 is 1.97. The van der Waals surface area contributed by atoms with E-state index in [9.17, 15) is 5.11 Å². The number of hydrogen-bond donors (Lipinski definition) is 2. The fraction of sp³-hybridized carbons (Fsp3) is 0.438. The van der Waals surface area contributed by atoms with Crippen LogP contribution in [0.25, 0.3) is 0 Å². The molecule has 0 spiro atoms. The average Bonchev–Trinajstić information content (AvgIpc) is 2.91. The molecule has 0 saturated carbocycles. The number of nitrogens with zero attached hydrogens (tertiary/aromatic N) is 2. The molecule has 1 heterocycles. The molecule has 4 heteroatoms. The van der Waals surface area contributed by atoms with Crippen LogP contribution >= 0.6 is 0 Å². The van der Waals surface area contributed by atoms with E-state index in [1.807, 2.05) is 29.8 Å². The molecule has 1 aliphatic carbocycles. The van der Waals surface area contributed by atoms with Gasteiger partial charge in [0, 0.05) is 24.3 Å². The topological polar surface area (TPSA) is 64.1 Å². The molecule has 0 bridgehead atoms.